The molecule has 0 bridgehead atoms. The Morgan fingerprint density at radius 2 is 1.88 bits per heavy atom. The van der Waals surface area contributed by atoms with Gasteiger partial charge >= 0.3 is 6.18 Å². The van der Waals surface area contributed by atoms with Crippen LogP contribution >= 0.6 is 0 Å². The molecule has 4 heteroatoms. The number of nitriles is 1. The summed E-state index contributed by atoms with van der Waals surface area (Å²) in [6, 6.07) is 10.6. The Hall–Kier alpha value is -2.02. The highest BCUT2D eigenvalue weighted by Crippen LogP contribution is 2.32. The Morgan fingerprint density at radius 1 is 1.12 bits per heavy atom. The Balaban J connectivity index is 2.62. The standard InChI is InChI=1S/C13H8F3N/c14-13(15,16)11-4-5-12-9(6-7-17)2-1-3-10(12)8-11/h1-5,8H,6H2. The van der Waals surface area contributed by atoms with Gasteiger partial charge in [-0.25, -0.2) is 0 Å². The summed E-state index contributed by atoms with van der Waals surface area (Å²) in [6.45, 7) is 0. The Morgan fingerprint density at radius 3 is 2.53 bits per heavy atom. The summed E-state index contributed by atoms with van der Waals surface area (Å²) in [7, 11) is 0. The van der Waals surface area contributed by atoms with Crippen molar-refractivity contribution < 1.29 is 13.2 Å². The maximum absolute atomic E-state index is 12.5. The number of hydrogen-bond donors (Lipinski definition) is 0. The minimum absolute atomic E-state index is 0.197. The topological polar surface area (TPSA) is 23.8 Å². The lowest BCUT2D eigenvalue weighted by molar-refractivity contribution is -0.137. The third-order valence-corrected chi connectivity index (χ3v) is 2.57. The van der Waals surface area contributed by atoms with Gasteiger partial charge in [-0.2, -0.15) is 18.4 Å². The molecule has 2 aromatic carbocycles. The van der Waals surface area contributed by atoms with Gasteiger partial charge in [0.05, 0.1) is 18.1 Å². The third-order valence-electron chi connectivity index (χ3n) is 2.57. The van der Waals surface area contributed by atoms with E-state index in [2.05, 4.69) is 0 Å². The number of fused-ring (bicyclic) bond motifs is 1. The molecule has 0 aromatic heterocycles. The van der Waals surface area contributed by atoms with Crippen LogP contribution < -0.4 is 0 Å². The molecule has 0 saturated heterocycles. The molecule has 0 radical (unpaired) electrons. The zero-order valence-corrected chi connectivity index (χ0v) is 8.75. The Bertz CT molecular complexity index is 594. The Labute approximate surface area is 96.1 Å². The van der Waals surface area contributed by atoms with Crippen molar-refractivity contribution in [3.63, 3.8) is 0 Å². The fourth-order valence-electron chi connectivity index (χ4n) is 1.77. The molecule has 1 nitrogen and oxygen atoms in total. The minimum atomic E-state index is -4.33. The van der Waals surface area contributed by atoms with E-state index in [4.69, 9.17) is 5.26 Å². The van der Waals surface area contributed by atoms with E-state index in [0.29, 0.717) is 10.8 Å². The fourth-order valence-corrected chi connectivity index (χ4v) is 1.77. The van der Waals surface area contributed by atoms with Crippen LogP contribution in [0.1, 0.15) is 11.1 Å². The molecule has 0 amide bonds. The van der Waals surface area contributed by atoms with Gasteiger partial charge in [-0.15, -0.1) is 0 Å². The highest BCUT2D eigenvalue weighted by molar-refractivity contribution is 5.86. The van der Waals surface area contributed by atoms with Gasteiger partial charge in [0.1, 0.15) is 0 Å². The van der Waals surface area contributed by atoms with Crippen molar-refractivity contribution in [1.29, 1.82) is 5.26 Å². The summed E-state index contributed by atoms with van der Waals surface area (Å²) in [6.07, 6.45) is -4.14. The maximum Gasteiger partial charge on any atom is 0.416 e. The average molecular weight is 235 g/mol. The van der Waals surface area contributed by atoms with Crippen LogP contribution in [0.15, 0.2) is 36.4 Å². The van der Waals surface area contributed by atoms with E-state index in [1.807, 2.05) is 6.07 Å². The Kier molecular flexibility index (Phi) is 2.76. The fraction of sp³-hybridized carbons (Fsp3) is 0.154. The molecule has 0 atom stereocenters. The monoisotopic (exact) mass is 235 g/mol. The molecule has 0 aliphatic rings. The molecule has 0 N–H and O–H groups in total. The second-order valence-electron chi connectivity index (χ2n) is 3.69. The van der Waals surface area contributed by atoms with E-state index < -0.39 is 11.7 Å². The second kappa shape index (κ2) is 4.10. The maximum atomic E-state index is 12.5. The number of benzene rings is 2. The van der Waals surface area contributed by atoms with Crippen molar-refractivity contribution >= 4 is 10.8 Å². The number of rotatable bonds is 1. The van der Waals surface area contributed by atoms with Gasteiger partial charge in [-0.3, -0.25) is 0 Å². The summed E-state index contributed by atoms with van der Waals surface area (Å²) >= 11 is 0. The van der Waals surface area contributed by atoms with Gasteiger partial charge in [-0.05, 0) is 28.5 Å². The molecule has 0 fully saturated rings. The minimum Gasteiger partial charge on any atom is -0.198 e. The van der Waals surface area contributed by atoms with Crippen LogP contribution in [0.4, 0.5) is 13.2 Å². The summed E-state index contributed by atoms with van der Waals surface area (Å²) in [5.41, 5.74) is 0.0813. The van der Waals surface area contributed by atoms with E-state index in [1.165, 1.54) is 6.07 Å². The molecule has 0 spiro atoms. The normalized spacial score (nSPS) is 11.4. The van der Waals surface area contributed by atoms with Crippen molar-refractivity contribution in [1.82, 2.24) is 0 Å². The van der Waals surface area contributed by atoms with E-state index in [1.54, 1.807) is 18.2 Å². The zero-order valence-electron chi connectivity index (χ0n) is 8.75. The average Bonchev–Trinajstić information content (AvgIpc) is 2.28. The van der Waals surface area contributed by atoms with Crippen LogP contribution in [0.25, 0.3) is 10.8 Å². The van der Waals surface area contributed by atoms with Crippen LogP contribution in [-0.4, -0.2) is 0 Å². The molecule has 86 valence electrons. The number of halogens is 3. The summed E-state index contributed by atoms with van der Waals surface area (Å²) in [5.74, 6) is 0. The summed E-state index contributed by atoms with van der Waals surface area (Å²) in [4.78, 5) is 0. The molecule has 2 rings (SSSR count). The quantitative estimate of drug-likeness (QED) is 0.734. The first-order chi connectivity index (χ1) is 8.02. The lowest BCUT2D eigenvalue weighted by Crippen LogP contribution is -2.04. The van der Waals surface area contributed by atoms with E-state index >= 15 is 0 Å². The van der Waals surface area contributed by atoms with Gasteiger partial charge in [0.15, 0.2) is 0 Å². The largest absolute Gasteiger partial charge is 0.416 e. The molecule has 0 aliphatic carbocycles. The first-order valence-corrected chi connectivity index (χ1v) is 4.98. The SMILES string of the molecule is N#CCc1cccc2cc(C(F)(F)F)ccc12. The first-order valence-electron chi connectivity index (χ1n) is 4.98. The second-order valence-corrected chi connectivity index (χ2v) is 3.69. The molecule has 0 unspecified atom stereocenters. The summed E-state index contributed by atoms with van der Waals surface area (Å²) < 4.78 is 37.5. The van der Waals surface area contributed by atoms with Crippen LogP contribution in [0, 0.1) is 11.3 Å². The van der Waals surface area contributed by atoms with Crippen molar-refractivity contribution in [3.05, 3.63) is 47.5 Å². The molecule has 17 heavy (non-hydrogen) atoms. The highest BCUT2D eigenvalue weighted by atomic mass is 19.4. The van der Waals surface area contributed by atoms with Crippen LogP contribution in [0.3, 0.4) is 0 Å². The van der Waals surface area contributed by atoms with Crippen LogP contribution in [0.5, 0.6) is 0 Å². The molecular weight excluding hydrogens is 227 g/mol. The third kappa shape index (κ3) is 2.23. The van der Waals surface area contributed by atoms with Gasteiger partial charge in [-0.1, -0.05) is 24.3 Å². The van der Waals surface area contributed by atoms with E-state index in [9.17, 15) is 13.2 Å². The molecule has 0 aliphatic heterocycles. The van der Waals surface area contributed by atoms with E-state index in [-0.39, 0.29) is 6.42 Å². The highest BCUT2D eigenvalue weighted by Gasteiger charge is 2.30. The van der Waals surface area contributed by atoms with E-state index in [0.717, 1.165) is 17.7 Å². The zero-order chi connectivity index (χ0) is 12.5. The van der Waals surface area contributed by atoms with Crippen molar-refractivity contribution in [2.45, 2.75) is 12.6 Å². The molecule has 0 heterocycles. The predicted octanol–water partition coefficient (Wildman–Crippen LogP) is 3.92. The lowest BCUT2D eigenvalue weighted by Gasteiger charge is -2.09. The van der Waals surface area contributed by atoms with Crippen molar-refractivity contribution in [2.24, 2.45) is 0 Å². The lowest BCUT2D eigenvalue weighted by atomic mass is 10.0. The van der Waals surface area contributed by atoms with Crippen LogP contribution in [0.2, 0.25) is 0 Å². The molecular formula is C13H8F3N. The number of nitrogens with zero attached hydrogens (tertiary/aromatic N) is 1. The number of alkyl halides is 3. The molecule has 2 aromatic rings. The van der Waals surface area contributed by atoms with Crippen LogP contribution in [-0.2, 0) is 12.6 Å². The smallest absolute Gasteiger partial charge is 0.198 e. The van der Waals surface area contributed by atoms with Gasteiger partial charge < -0.3 is 0 Å². The van der Waals surface area contributed by atoms with Gasteiger partial charge in [0, 0.05) is 0 Å². The van der Waals surface area contributed by atoms with Gasteiger partial charge in [0.2, 0.25) is 0 Å². The number of hydrogen-bond acceptors (Lipinski definition) is 1. The van der Waals surface area contributed by atoms with Crippen molar-refractivity contribution in [3.8, 4) is 6.07 Å². The first kappa shape index (κ1) is 11.5. The summed E-state index contributed by atoms with van der Waals surface area (Å²) in [5, 5.41) is 9.84. The molecule has 0 saturated carbocycles. The van der Waals surface area contributed by atoms with Crippen molar-refractivity contribution in [2.75, 3.05) is 0 Å². The predicted molar refractivity (Wildman–Crippen MR) is 58.3 cm³/mol. The van der Waals surface area contributed by atoms with Gasteiger partial charge in [0.25, 0.3) is 0 Å².